The summed E-state index contributed by atoms with van der Waals surface area (Å²) in [4.78, 5) is 4.64. The molecule has 0 aliphatic rings. The Morgan fingerprint density at radius 3 is 2.70 bits per heavy atom. The number of aromatic nitrogens is 1. The van der Waals surface area contributed by atoms with Gasteiger partial charge in [-0.25, -0.2) is 4.98 Å². The van der Waals surface area contributed by atoms with Gasteiger partial charge in [0.2, 0.25) is 0 Å². The SMILES string of the molecule is CC(C)(C)c1csc(CC(O)c2cc(Br)ccc2I)n1. The Balaban J connectivity index is 2.17. The predicted molar refractivity (Wildman–Crippen MR) is 96.3 cm³/mol. The number of hydrogen-bond donors (Lipinski definition) is 1. The molecule has 1 N–H and O–H groups in total. The summed E-state index contributed by atoms with van der Waals surface area (Å²) in [6.07, 6.45) is 0.0473. The third-order valence-corrected chi connectivity index (χ3v) is 5.35. The molecular formula is C15H17BrINOS. The molecule has 2 aromatic rings. The molecule has 5 heteroatoms. The van der Waals surface area contributed by atoms with E-state index < -0.39 is 6.10 Å². The summed E-state index contributed by atoms with van der Waals surface area (Å²) in [5, 5.41) is 13.5. The van der Waals surface area contributed by atoms with Gasteiger partial charge in [-0.2, -0.15) is 0 Å². The average molecular weight is 466 g/mol. The van der Waals surface area contributed by atoms with E-state index in [0.717, 1.165) is 24.3 Å². The van der Waals surface area contributed by atoms with Gasteiger partial charge in [0.1, 0.15) is 0 Å². The zero-order valence-electron chi connectivity index (χ0n) is 11.7. The summed E-state index contributed by atoms with van der Waals surface area (Å²) in [6, 6.07) is 5.97. The minimum atomic E-state index is -0.515. The number of nitrogens with zero attached hydrogens (tertiary/aromatic N) is 1. The Morgan fingerprint density at radius 1 is 1.40 bits per heavy atom. The fourth-order valence-electron chi connectivity index (χ4n) is 1.79. The van der Waals surface area contributed by atoms with Gasteiger partial charge in [-0.15, -0.1) is 11.3 Å². The van der Waals surface area contributed by atoms with Crippen LogP contribution in [0.4, 0.5) is 0 Å². The van der Waals surface area contributed by atoms with E-state index in [1.54, 1.807) is 11.3 Å². The average Bonchev–Trinajstić information content (AvgIpc) is 2.80. The first-order chi connectivity index (χ1) is 9.27. The second kappa shape index (κ2) is 6.42. The van der Waals surface area contributed by atoms with E-state index in [0.29, 0.717) is 6.42 Å². The molecular weight excluding hydrogens is 449 g/mol. The van der Waals surface area contributed by atoms with Crippen molar-refractivity contribution in [3.8, 4) is 0 Å². The van der Waals surface area contributed by atoms with Crippen molar-refractivity contribution < 1.29 is 5.11 Å². The molecule has 0 amide bonds. The van der Waals surface area contributed by atoms with Gasteiger partial charge in [0.15, 0.2) is 0 Å². The van der Waals surface area contributed by atoms with Crippen molar-refractivity contribution in [2.45, 2.75) is 38.7 Å². The molecule has 0 spiro atoms. The van der Waals surface area contributed by atoms with Crippen molar-refractivity contribution in [3.05, 3.63) is 47.9 Å². The van der Waals surface area contributed by atoms with Gasteiger partial charge < -0.3 is 5.11 Å². The van der Waals surface area contributed by atoms with Crippen molar-refractivity contribution in [2.24, 2.45) is 0 Å². The number of rotatable bonds is 3. The van der Waals surface area contributed by atoms with Gasteiger partial charge >= 0.3 is 0 Å². The van der Waals surface area contributed by atoms with Crippen molar-refractivity contribution in [3.63, 3.8) is 0 Å². The summed E-state index contributed by atoms with van der Waals surface area (Å²) in [5.74, 6) is 0. The highest BCUT2D eigenvalue weighted by Gasteiger charge is 2.19. The van der Waals surface area contributed by atoms with Gasteiger partial charge in [-0.05, 0) is 46.4 Å². The van der Waals surface area contributed by atoms with E-state index in [1.807, 2.05) is 18.2 Å². The lowest BCUT2D eigenvalue weighted by Gasteiger charge is -2.15. The van der Waals surface area contributed by atoms with Crippen LogP contribution in [0, 0.1) is 3.57 Å². The fourth-order valence-corrected chi connectivity index (χ4v) is 3.93. The Labute approximate surface area is 145 Å². The molecule has 108 valence electrons. The Hall–Kier alpha value is 0.0200. The van der Waals surface area contributed by atoms with Crippen molar-refractivity contribution in [1.29, 1.82) is 0 Å². The summed E-state index contributed by atoms with van der Waals surface area (Å²) in [7, 11) is 0. The van der Waals surface area contributed by atoms with Crippen LogP contribution < -0.4 is 0 Å². The highest BCUT2D eigenvalue weighted by Crippen LogP contribution is 2.29. The molecule has 1 aromatic carbocycles. The third-order valence-electron chi connectivity index (χ3n) is 3.01. The van der Waals surface area contributed by atoms with Gasteiger partial charge in [0, 0.05) is 25.3 Å². The molecule has 0 bridgehead atoms. The van der Waals surface area contributed by atoms with Crippen molar-refractivity contribution in [1.82, 2.24) is 4.98 Å². The molecule has 0 fully saturated rings. The predicted octanol–water partition coefficient (Wildman–Crippen LogP) is 5.08. The van der Waals surface area contributed by atoms with Gasteiger partial charge in [-0.1, -0.05) is 36.7 Å². The summed E-state index contributed by atoms with van der Waals surface area (Å²) >= 11 is 7.33. The van der Waals surface area contributed by atoms with Crippen LogP contribution in [-0.2, 0) is 11.8 Å². The maximum atomic E-state index is 10.4. The Kier molecular flexibility index (Phi) is 5.26. The van der Waals surface area contributed by atoms with E-state index in [9.17, 15) is 5.11 Å². The second-order valence-electron chi connectivity index (χ2n) is 5.76. The number of hydrogen-bond acceptors (Lipinski definition) is 3. The molecule has 0 saturated carbocycles. The van der Waals surface area contributed by atoms with Crippen LogP contribution >= 0.6 is 49.9 Å². The molecule has 1 unspecified atom stereocenters. The molecule has 0 radical (unpaired) electrons. The second-order valence-corrected chi connectivity index (χ2v) is 8.78. The quantitative estimate of drug-likeness (QED) is 0.641. The molecule has 0 aliphatic heterocycles. The van der Waals surface area contributed by atoms with Gasteiger partial charge in [0.25, 0.3) is 0 Å². The first kappa shape index (κ1) is 16.4. The number of aliphatic hydroxyl groups is 1. The first-order valence-electron chi connectivity index (χ1n) is 6.35. The molecule has 0 saturated heterocycles. The standard InChI is InChI=1S/C15H17BrINOS/c1-15(2,3)13-8-20-14(18-13)7-12(19)10-6-9(16)4-5-11(10)17/h4-6,8,12,19H,7H2,1-3H3. The van der Waals surface area contributed by atoms with Crippen LogP contribution in [0.1, 0.15) is 43.1 Å². The maximum absolute atomic E-state index is 10.4. The monoisotopic (exact) mass is 465 g/mol. The topological polar surface area (TPSA) is 33.1 Å². The minimum absolute atomic E-state index is 0.0594. The summed E-state index contributed by atoms with van der Waals surface area (Å²) in [6.45, 7) is 6.46. The molecule has 0 aliphatic carbocycles. The zero-order chi connectivity index (χ0) is 14.9. The zero-order valence-corrected chi connectivity index (χ0v) is 16.2. The smallest absolute Gasteiger partial charge is 0.0957 e. The number of halogens is 2. The van der Waals surface area contributed by atoms with E-state index in [2.05, 4.69) is 69.7 Å². The van der Waals surface area contributed by atoms with Crippen LogP contribution in [0.25, 0.3) is 0 Å². The van der Waals surface area contributed by atoms with Crippen molar-refractivity contribution in [2.75, 3.05) is 0 Å². The third kappa shape index (κ3) is 4.02. The van der Waals surface area contributed by atoms with Crippen LogP contribution in [0.2, 0.25) is 0 Å². The lowest BCUT2D eigenvalue weighted by Crippen LogP contribution is -2.12. The fraction of sp³-hybridized carbons (Fsp3) is 0.400. The van der Waals surface area contributed by atoms with E-state index in [1.165, 1.54) is 0 Å². The van der Waals surface area contributed by atoms with E-state index >= 15 is 0 Å². The van der Waals surface area contributed by atoms with Crippen LogP contribution in [-0.4, -0.2) is 10.1 Å². The molecule has 1 aromatic heterocycles. The molecule has 2 nitrogen and oxygen atoms in total. The number of aliphatic hydroxyl groups excluding tert-OH is 1. The van der Waals surface area contributed by atoms with Gasteiger partial charge in [-0.3, -0.25) is 0 Å². The number of benzene rings is 1. The largest absolute Gasteiger partial charge is 0.388 e. The highest BCUT2D eigenvalue weighted by molar-refractivity contribution is 14.1. The number of thiazole rings is 1. The lowest BCUT2D eigenvalue weighted by molar-refractivity contribution is 0.177. The van der Waals surface area contributed by atoms with Crippen LogP contribution in [0.5, 0.6) is 0 Å². The molecule has 1 atom stereocenters. The lowest BCUT2D eigenvalue weighted by atomic mass is 9.93. The highest BCUT2D eigenvalue weighted by atomic mass is 127. The summed E-state index contributed by atoms with van der Waals surface area (Å²) < 4.78 is 2.06. The van der Waals surface area contributed by atoms with E-state index in [-0.39, 0.29) is 5.41 Å². The molecule has 20 heavy (non-hydrogen) atoms. The Morgan fingerprint density at radius 2 is 2.10 bits per heavy atom. The maximum Gasteiger partial charge on any atom is 0.0957 e. The Bertz CT molecular complexity index is 606. The first-order valence-corrected chi connectivity index (χ1v) is 9.10. The van der Waals surface area contributed by atoms with Crippen LogP contribution in [0.15, 0.2) is 28.1 Å². The molecule has 1 heterocycles. The normalized spacial score (nSPS) is 13.5. The van der Waals surface area contributed by atoms with Gasteiger partial charge in [0.05, 0.1) is 16.8 Å². The minimum Gasteiger partial charge on any atom is -0.388 e. The van der Waals surface area contributed by atoms with Crippen LogP contribution in [0.3, 0.4) is 0 Å². The summed E-state index contributed by atoms with van der Waals surface area (Å²) in [5.41, 5.74) is 2.10. The van der Waals surface area contributed by atoms with E-state index in [4.69, 9.17) is 0 Å². The molecule has 2 rings (SSSR count). The van der Waals surface area contributed by atoms with Crippen molar-refractivity contribution >= 4 is 49.9 Å².